The number of rotatable bonds is 4. The summed E-state index contributed by atoms with van der Waals surface area (Å²) in [4.78, 5) is 2.33. The highest BCUT2D eigenvalue weighted by molar-refractivity contribution is 4.89. The van der Waals surface area contributed by atoms with Crippen LogP contribution in [0.1, 0.15) is 20.3 Å². The van der Waals surface area contributed by atoms with Gasteiger partial charge >= 0.3 is 0 Å². The van der Waals surface area contributed by atoms with Gasteiger partial charge in [0, 0.05) is 26.2 Å². The first-order valence-corrected chi connectivity index (χ1v) is 5.08. The summed E-state index contributed by atoms with van der Waals surface area (Å²) in [6, 6.07) is 0.483. The molecule has 0 aliphatic carbocycles. The number of β-amino-alcohol motifs (C(OH)–C–C–N with tert-alkyl or cyclic N) is 1. The van der Waals surface area contributed by atoms with Crippen molar-refractivity contribution in [2.75, 3.05) is 26.8 Å². The van der Waals surface area contributed by atoms with Gasteiger partial charge in [-0.2, -0.15) is 0 Å². The molecule has 0 radical (unpaired) electrons. The van der Waals surface area contributed by atoms with Gasteiger partial charge in [0.2, 0.25) is 0 Å². The van der Waals surface area contributed by atoms with Gasteiger partial charge in [0.05, 0.1) is 12.7 Å². The second-order valence-corrected chi connectivity index (χ2v) is 4.06. The summed E-state index contributed by atoms with van der Waals surface area (Å²) in [6.07, 6.45) is 1.45. The molecule has 78 valence electrons. The molecule has 13 heavy (non-hydrogen) atoms. The molecule has 0 amide bonds. The molecule has 0 aromatic carbocycles. The van der Waals surface area contributed by atoms with E-state index in [1.54, 1.807) is 7.11 Å². The van der Waals surface area contributed by atoms with E-state index in [1.165, 1.54) is 0 Å². The van der Waals surface area contributed by atoms with Crippen LogP contribution in [0.25, 0.3) is 0 Å². The van der Waals surface area contributed by atoms with Gasteiger partial charge in [-0.05, 0) is 12.3 Å². The van der Waals surface area contributed by atoms with Crippen molar-refractivity contribution in [3.05, 3.63) is 0 Å². The van der Waals surface area contributed by atoms with Crippen molar-refractivity contribution >= 4 is 0 Å². The smallest absolute Gasteiger partial charge is 0.0741 e. The number of aliphatic hydroxyl groups is 1. The van der Waals surface area contributed by atoms with E-state index in [4.69, 9.17) is 9.84 Å². The van der Waals surface area contributed by atoms with Gasteiger partial charge in [0.1, 0.15) is 0 Å². The van der Waals surface area contributed by atoms with Crippen LogP contribution >= 0.6 is 0 Å². The molecule has 1 rings (SSSR count). The van der Waals surface area contributed by atoms with E-state index in [9.17, 15) is 0 Å². The zero-order valence-corrected chi connectivity index (χ0v) is 8.86. The normalized spacial score (nSPS) is 30.2. The number of likely N-dealkylation sites (tertiary alicyclic amines) is 1. The second kappa shape index (κ2) is 4.94. The van der Waals surface area contributed by atoms with Crippen molar-refractivity contribution in [3.63, 3.8) is 0 Å². The molecule has 0 saturated carbocycles. The third-order valence-electron chi connectivity index (χ3n) is 2.88. The number of ether oxygens (including phenoxy) is 1. The minimum absolute atomic E-state index is 0.250. The minimum Gasteiger partial charge on any atom is -0.395 e. The van der Waals surface area contributed by atoms with Crippen LogP contribution in [0.2, 0.25) is 0 Å². The van der Waals surface area contributed by atoms with Crippen molar-refractivity contribution in [2.45, 2.75) is 32.4 Å². The van der Waals surface area contributed by atoms with Crippen LogP contribution in [0.15, 0.2) is 0 Å². The first kappa shape index (κ1) is 11.0. The lowest BCUT2D eigenvalue weighted by atomic mass is 9.99. The Morgan fingerprint density at radius 1 is 1.54 bits per heavy atom. The Hall–Kier alpha value is -0.120. The molecule has 1 aliphatic heterocycles. The molecule has 0 aromatic rings. The number of aliphatic hydroxyl groups excluding tert-OH is 1. The Morgan fingerprint density at radius 2 is 2.23 bits per heavy atom. The Morgan fingerprint density at radius 3 is 2.69 bits per heavy atom. The summed E-state index contributed by atoms with van der Waals surface area (Å²) in [5.41, 5.74) is 0. The van der Waals surface area contributed by atoms with Crippen LogP contribution in [-0.2, 0) is 4.74 Å². The zero-order valence-electron chi connectivity index (χ0n) is 8.86. The third kappa shape index (κ3) is 2.42. The average Bonchev–Trinajstić information content (AvgIpc) is 2.48. The van der Waals surface area contributed by atoms with E-state index >= 15 is 0 Å². The molecule has 0 aromatic heterocycles. The number of hydrogen-bond acceptors (Lipinski definition) is 3. The summed E-state index contributed by atoms with van der Waals surface area (Å²) in [7, 11) is 1.78. The fourth-order valence-corrected chi connectivity index (χ4v) is 2.35. The second-order valence-electron chi connectivity index (χ2n) is 4.06. The maximum absolute atomic E-state index is 8.90. The van der Waals surface area contributed by atoms with Crippen LogP contribution in [0, 0.1) is 5.92 Å². The highest BCUT2D eigenvalue weighted by atomic mass is 16.5. The highest BCUT2D eigenvalue weighted by Gasteiger charge is 2.35. The van der Waals surface area contributed by atoms with Crippen LogP contribution in [0.5, 0.6) is 0 Å². The van der Waals surface area contributed by atoms with Gasteiger partial charge < -0.3 is 9.84 Å². The van der Waals surface area contributed by atoms with Gasteiger partial charge in [-0.3, -0.25) is 4.90 Å². The lowest BCUT2D eigenvalue weighted by Gasteiger charge is -2.30. The van der Waals surface area contributed by atoms with E-state index in [0.29, 0.717) is 18.1 Å². The molecule has 3 nitrogen and oxygen atoms in total. The number of methoxy groups -OCH3 is 1. The summed E-state index contributed by atoms with van der Waals surface area (Å²) < 4.78 is 5.44. The van der Waals surface area contributed by atoms with Gasteiger partial charge in [-0.25, -0.2) is 0 Å². The van der Waals surface area contributed by atoms with Crippen molar-refractivity contribution in [3.8, 4) is 0 Å². The highest BCUT2D eigenvalue weighted by Crippen LogP contribution is 2.25. The van der Waals surface area contributed by atoms with E-state index < -0.39 is 0 Å². The standard InChI is InChI=1S/C10H21NO2/c1-8(2)10-9(13-3)4-5-11(10)6-7-12/h8-10,12H,4-7H2,1-3H3. The lowest BCUT2D eigenvalue weighted by Crippen LogP contribution is -2.41. The van der Waals surface area contributed by atoms with Crippen molar-refractivity contribution in [1.29, 1.82) is 0 Å². The SMILES string of the molecule is COC1CCN(CCO)C1C(C)C. The van der Waals surface area contributed by atoms with Gasteiger partial charge in [-0.15, -0.1) is 0 Å². The molecule has 1 fully saturated rings. The lowest BCUT2D eigenvalue weighted by molar-refractivity contribution is 0.0409. The molecule has 0 bridgehead atoms. The van der Waals surface area contributed by atoms with Gasteiger partial charge in [0.15, 0.2) is 0 Å². The Labute approximate surface area is 80.7 Å². The Bertz CT molecular complexity index is 150. The first-order valence-electron chi connectivity index (χ1n) is 5.08. The molecular formula is C10H21NO2. The summed E-state index contributed by atoms with van der Waals surface area (Å²) in [5.74, 6) is 0.596. The van der Waals surface area contributed by atoms with Crippen LogP contribution in [0.4, 0.5) is 0 Å². The van der Waals surface area contributed by atoms with Crippen LogP contribution < -0.4 is 0 Å². The molecular weight excluding hydrogens is 166 g/mol. The van der Waals surface area contributed by atoms with E-state index in [0.717, 1.165) is 19.5 Å². The molecule has 1 N–H and O–H groups in total. The summed E-state index contributed by atoms with van der Waals surface area (Å²) in [5, 5.41) is 8.90. The van der Waals surface area contributed by atoms with E-state index in [-0.39, 0.29) is 6.61 Å². The number of hydrogen-bond donors (Lipinski definition) is 1. The third-order valence-corrected chi connectivity index (χ3v) is 2.88. The van der Waals surface area contributed by atoms with E-state index in [2.05, 4.69) is 18.7 Å². The average molecular weight is 187 g/mol. The number of nitrogens with zero attached hydrogens (tertiary/aromatic N) is 1. The van der Waals surface area contributed by atoms with Crippen LogP contribution in [0.3, 0.4) is 0 Å². The fourth-order valence-electron chi connectivity index (χ4n) is 2.35. The summed E-state index contributed by atoms with van der Waals surface area (Å²) >= 11 is 0. The quantitative estimate of drug-likeness (QED) is 0.704. The minimum atomic E-state index is 0.250. The van der Waals surface area contributed by atoms with Gasteiger partial charge in [-0.1, -0.05) is 13.8 Å². The topological polar surface area (TPSA) is 32.7 Å². The fraction of sp³-hybridized carbons (Fsp3) is 1.00. The molecule has 1 heterocycles. The Kier molecular flexibility index (Phi) is 4.16. The first-order chi connectivity index (χ1) is 6.20. The molecule has 1 aliphatic rings. The maximum atomic E-state index is 8.90. The predicted molar refractivity (Wildman–Crippen MR) is 52.7 cm³/mol. The zero-order chi connectivity index (χ0) is 9.84. The van der Waals surface area contributed by atoms with Crippen molar-refractivity contribution in [2.24, 2.45) is 5.92 Å². The van der Waals surface area contributed by atoms with Crippen LogP contribution in [-0.4, -0.2) is 49.0 Å². The molecule has 1 saturated heterocycles. The van der Waals surface area contributed by atoms with Gasteiger partial charge in [0.25, 0.3) is 0 Å². The largest absolute Gasteiger partial charge is 0.395 e. The molecule has 3 heteroatoms. The molecule has 0 spiro atoms. The van der Waals surface area contributed by atoms with Crippen molar-refractivity contribution in [1.82, 2.24) is 4.90 Å². The molecule has 2 atom stereocenters. The molecule has 2 unspecified atom stereocenters. The maximum Gasteiger partial charge on any atom is 0.0741 e. The monoisotopic (exact) mass is 187 g/mol. The predicted octanol–water partition coefficient (Wildman–Crippen LogP) is 0.724. The Balaban J connectivity index is 2.56. The van der Waals surface area contributed by atoms with E-state index in [1.807, 2.05) is 0 Å². The van der Waals surface area contributed by atoms with Crippen molar-refractivity contribution < 1.29 is 9.84 Å². The summed E-state index contributed by atoms with van der Waals surface area (Å²) in [6.45, 7) is 6.52.